The van der Waals surface area contributed by atoms with E-state index in [-0.39, 0.29) is 5.91 Å². The Morgan fingerprint density at radius 1 is 0.966 bits per heavy atom. The molecule has 0 fully saturated rings. The molecule has 0 radical (unpaired) electrons. The van der Waals surface area contributed by atoms with E-state index < -0.39 is 0 Å². The van der Waals surface area contributed by atoms with Crippen molar-refractivity contribution in [1.29, 1.82) is 0 Å². The van der Waals surface area contributed by atoms with Gasteiger partial charge in [-0.1, -0.05) is 42.5 Å². The molecule has 0 saturated heterocycles. The fourth-order valence-corrected chi connectivity index (χ4v) is 3.53. The van der Waals surface area contributed by atoms with Gasteiger partial charge < -0.3 is 19.5 Å². The van der Waals surface area contributed by atoms with Crippen LogP contribution in [0.5, 0.6) is 17.2 Å². The van der Waals surface area contributed by atoms with E-state index in [1.165, 1.54) is 0 Å². The van der Waals surface area contributed by atoms with Gasteiger partial charge in [0, 0.05) is 5.56 Å². The van der Waals surface area contributed by atoms with Crippen LogP contribution in [0.15, 0.2) is 66.7 Å². The van der Waals surface area contributed by atoms with Gasteiger partial charge in [0.15, 0.2) is 11.5 Å². The number of nitrogens with one attached hydrogen (secondary N) is 1. The predicted molar refractivity (Wildman–Crippen MR) is 122 cm³/mol. The van der Waals surface area contributed by atoms with Crippen LogP contribution in [0.1, 0.15) is 22.8 Å². The topological polar surface area (TPSA) is 56.8 Å². The number of para-hydroxylation sites is 2. The maximum absolute atomic E-state index is 12.9. The van der Waals surface area contributed by atoms with Crippen molar-refractivity contribution in [3.63, 3.8) is 0 Å². The molecule has 0 bridgehead atoms. The summed E-state index contributed by atoms with van der Waals surface area (Å²) in [7, 11) is 1.57. The third-order valence-corrected chi connectivity index (χ3v) is 4.95. The minimum absolute atomic E-state index is 0.250. The Kier molecular flexibility index (Phi) is 7.35. The maximum atomic E-state index is 12.9. The normalized spacial score (nSPS) is 10.3. The van der Waals surface area contributed by atoms with Gasteiger partial charge in [-0.05, 0) is 59.3 Å². The molecule has 0 aromatic heterocycles. The van der Waals surface area contributed by atoms with Gasteiger partial charge in [0.05, 0.1) is 23.0 Å². The van der Waals surface area contributed by atoms with Crippen LogP contribution < -0.4 is 19.5 Å². The number of hydrogen-bond donors (Lipinski definition) is 1. The molecule has 3 aromatic rings. The van der Waals surface area contributed by atoms with E-state index in [2.05, 4.69) is 27.9 Å². The first-order valence-electron chi connectivity index (χ1n) is 9.19. The molecule has 0 atom stereocenters. The summed E-state index contributed by atoms with van der Waals surface area (Å²) in [6.45, 7) is 2.80. The van der Waals surface area contributed by atoms with Crippen LogP contribution in [0.3, 0.4) is 0 Å². The zero-order valence-electron chi connectivity index (χ0n) is 16.3. The first-order valence-corrected chi connectivity index (χ1v) is 10.3. The van der Waals surface area contributed by atoms with Crippen molar-refractivity contribution in [1.82, 2.24) is 0 Å². The summed E-state index contributed by atoms with van der Waals surface area (Å²) in [6.07, 6.45) is 0. The standard InChI is InChI=1S/C23H22INO4/c1-3-28-22-18(24)13-17(14-21(22)29-15-16-9-5-4-6-10-16)23(26)25-19-11-7-8-12-20(19)27-2/h4-14H,3,15H2,1-2H3,(H,25,26). The first-order chi connectivity index (χ1) is 14.1. The van der Waals surface area contributed by atoms with E-state index in [0.29, 0.717) is 41.7 Å². The number of carbonyl (C=O) groups is 1. The van der Waals surface area contributed by atoms with Gasteiger partial charge in [0.2, 0.25) is 0 Å². The van der Waals surface area contributed by atoms with Gasteiger partial charge in [-0.15, -0.1) is 0 Å². The molecular weight excluding hydrogens is 481 g/mol. The number of carbonyl (C=O) groups excluding carboxylic acids is 1. The van der Waals surface area contributed by atoms with Crippen molar-refractivity contribution in [3.05, 3.63) is 81.4 Å². The van der Waals surface area contributed by atoms with Gasteiger partial charge in [-0.25, -0.2) is 0 Å². The molecule has 0 heterocycles. The van der Waals surface area contributed by atoms with Crippen LogP contribution in [-0.4, -0.2) is 19.6 Å². The number of methoxy groups -OCH3 is 1. The second-order valence-corrected chi connectivity index (χ2v) is 7.31. The van der Waals surface area contributed by atoms with Gasteiger partial charge in [-0.3, -0.25) is 4.79 Å². The second kappa shape index (κ2) is 10.2. The second-order valence-electron chi connectivity index (χ2n) is 6.15. The van der Waals surface area contributed by atoms with Crippen LogP contribution in [0.25, 0.3) is 0 Å². The Morgan fingerprint density at radius 2 is 1.69 bits per heavy atom. The molecular formula is C23H22INO4. The summed E-state index contributed by atoms with van der Waals surface area (Å²) >= 11 is 2.16. The minimum Gasteiger partial charge on any atom is -0.495 e. The Hall–Kier alpha value is -2.74. The van der Waals surface area contributed by atoms with Crippen molar-refractivity contribution in [3.8, 4) is 17.2 Å². The monoisotopic (exact) mass is 503 g/mol. The SMILES string of the molecule is CCOc1c(I)cc(C(=O)Nc2ccccc2OC)cc1OCc1ccccc1. The van der Waals surface area contributed by atoms with Crippen molar-refractivity contribution >= 4 is 34.2 Å². The fourth-order valence-electron chi connectivity index (χ4n) is 2.77. The molecule has 1 N–H and O–H groups in total. The first kappa shape index (κ1) is 21.0. The number of benzene rings is 3. The number of ether oxygens (including phenoxy) is 3. The molecule has 3 aromatic carbocycles. The molecule has 0 aliphatic rings. The van der Waals surface area contributed by atoms with E-state index in [4.69, 9.17) is 14.2 Å². The molecule has 6 heteroatoms. The van der Waals surface area contributed by atoms with Gasteiger partial charge in [0.1, 0.15) is 12.4 Å². The van der Waals surface area contributed by atoms with Crippen molar-refractivity contribution < 1.29 is 19.0 Å². The largest absolute Gasteiger partial charge is 0.495 e. The summed E-state index contributed by atoms with van der Waals surface area (Å²) in [4.78, 5) is 12.9. The van der Waals surface area contributed by atoms with E-state index in [1.54, 1.807) is 31.4 Å². The van der Waals surface area contributed by atoms with Crippen LogP contribution in [0.4, 0.5) is 5.69 Å². The Morgan fingerprint density at radius 3 is 2.41 bits per heavy atom. The lowest BCUT2D eigenvalue weighted by Gasteiger charge is -2.16. The molecule has 3 rings (SSSR count). The van der Waals surface area contributed by atoms with Crippen molar-refractivity contribution in [2.75, 3.05) is 19.0 Å². The van der Waals surface area contributed by atoms with Gasteiger partial charge in [0.25, 0.3) is 5.91 Å². The highest BCUT2D eigenvalue weighted by Crippen LogP contribution is 2.35. The van der Waals surface area contributed by atoms with Crippen molar-refractivity contribution in [2.45, 2.75) is 13.5 Å². The van der Waals surface area contributed by atoms with Crippen molar-refractivity contribution in [2.24, 2.45) is 0 Å². The molecule has 1 amide bonds. The Labute approximate surface area is 184 Å². The zero-order valence-corrected chi connectivity index (χ0v) is 18.4. The molecule has 0 saturated carbocycles. The average Bonchev–Trinajstić information content (AvgIpc) is 2.75. The van der Waals surface area contributed by atoms with Crippen LogP contribution >= 0.6 is 22.6 Å². The zero-order chi connectivity index (χ0) is 20.6. The third-order valence-electron chi connectivity index (χ3n) is 4.15. The van der Waals surface area contributed by atoms with Crippen LogP contribution in [0, 0.1) is 3.57 Å². The highest BCUT2D eigenvalue weighted by molar-refractivity contribution is 14.1. The predicted octanol–water partition coefficient (Wildman–Crippen LogP) is 5.53. The van der Waals surface area contributed by atoms with Crippen LogP contribution in [0.2, 0.25) is 0 Å². The molecule has 0 unspecified atom stereocenters. The molecule has 5 nitrogen and oxygen atoms in total. The Balaban J connectivity index is 1.86. The summed E-state index contributed by atoms with van der Waals surface area (Å²) in [5.74, 6) is 1.52. The number of rotatable bonds is 8. The Bertz CT molecular complexity index is 976. The summed E-state index contributed by atoms with van der Waals surface area (Å²) in [6, 6.07) is 20.6. The van der Waals surface area contributed by atoms with E-state index in [1.807, 2.05) is 49.4 Å². The highest BCUT2D eigenvalue weighted by atomic mass is 127. The lowest BCUT2D eigenvalue weighted by Crippen LogP contribution is -2.13. The third kappa shape index (κ3) is 5.41. The molecule has 29 heavy (non-hydrogen) atoms. The number of amides is 1. The van der Waals surface area contributed by atoms with Gasteiger partial charge >= 0.3 is 0 Å². The summed E-state index contributed by atoms with van der Waals surface area (Å²) in [5.41, 5.74) is 2.12. The average molecular weight is 503 g/mol. The lowest BCUT2D eigenvalue weighted by atomic mass is 10.1. The molecule has 0 spiro atoms. The molecule has 0 aliphatic carbocycles. The number of hydrogen-bond acceptors (Lipinski definition) is 4. The quantitative estimate of drug-likeness (QED) is 0.411. The highest BCUT2D eigenvalue weighted by Gasteiger charge is 2.17. The summed E-state index contributed by atoms with van der Waals surface area (Å²) in [5, 5.41) is 2.89. The summed E-state index contributed by atoms with van der Waals surface area (Å²) < 4.78 is 17.9. The molecule has 0 aliphatic heterocycles. The van der Waals surface area contributed by atoms with Crippen LogP contribution in [-0.2, 0) is 6.61 Å². The smallest absolute Gasteiger partial charge is 0.255 e. The maximum Gasteiger partial charge on any atom is 0.255 e. The lowest BCUT2D eigenvalue weighted by molar-refractivity contribution is 0.102. The molecule has 150 valence electrons. The van der Waals surface area contributed by atoms with E-state index in [0.717, 1.165) is 9.13 Å². The van der Waals surface area contributed by atoms with Gasteiger partial charge in [-0.2, -0.15) is 0 Å². The van der Waals surface area contributed by atoms with E-state index >= 15 is 0 Å². The number of halogens is 1. The minimum atomic E-state index is -0.250. The fraction of sp³-hybridized carbons (Fsp3) is 0.174. The number of anilines is 1. The van der Waals surface area contributed by atoms with E-state index in [9.17, 15) is 4.79 Å².